The second kappa shape index (κ2) is 7.47. The Balaban J connectivity index is 1.67. The van der Waals surface area contributed by atoms with Crippen LogP contribution >= 0.6 is 0 Å². The van der Waals surface area contributed by atoms with E-state index in [1.54, 1.807) is 24.3 Å². The summed E-state index contributed by atoms with van der Waals surface area (Å²) in [6.07, 6.45) is 2.17. The van der Waals surface area contributed by atoms with Crippen LogP contribution in [0.3, 0.4) is 0 Å². The van der Waals surface area contributed by atoms with E-state index in [0.29, 0.717) is 12.1 Å². The minimum atomic E-state index is -0.265. The predicted molar refractivity (Wildman–Crippen MR) is 94.5 cm³/mol. The summed E-state index contributed by atoms with van der Waals surface area (Å²) in [4.78, 5) is 25.6. The number of nitrogens with one attached hydrogen (secondary N) is 1. The number of likely N-dealkylation sites (tertiary alicyclic amines) is 1. The first kappa shape index (κ1) is 17.1. The van der Waals surface area contributed by atoms with Gasteiger partial charge in [0.15, 0.2) is 0 Å². The predicted octanol–water partition coefficient (Wildman–Crippen LogP) is 3.69. The lowest BCUT2D eigenvalue weighted by atomic mass is 10.0. The van der Waals surface area contributed by atoms with Crippen molar-refractivity contribution in [3.63, 3.8) is 0 Å². The van der Waals surface area contributed by atoms with Gasteiger partial charge in [0.2, 0.25) is 11.8 Å². The van der Waals surface area contributed by atoms with Crippen molar-refractivity contribution in [2.45, 2.75) is 32.2 Å². The summed E-state index contributed by atoms with van der Waals surface area (Å²) in [7, 11) is 0. The van der Waals surface area contributed by atoms with E-state index in [9.17, 15) is 14.0 Å². The van der Waals surface area contributed by atoms with Crippen molar-refractivity contribution in [1.29, 1.82) is 0 Å². The van der Waals surface area contributed by atoms with Gasteiger partial charge in [-0.25, -0.2) is 4.39 Å². The van der Waals surface area contributed by atoms with Crippen LogP contribution in [0.1, 0.15) is 36.9 Å². The summed E-state index contributed by atoms with van der Waals surface area (Å²) in [6.45, 7) is 2.19. The molecule has 130 valence electrons. The highest BCUT2D eigenvalue weighted by molar-refractivity contribution is 5.88. The van der Waals surface area contributed by atoms with E-state index in [2.05, 4.69) is 5.32 Å². The van der Waals surface area contributed by atoms with Crippen molar-refractivity contribution in [2.75, 3.05) is 11.9 Å². The van der Waals surface area contributed by atoms with E-state index in [1.165, 1.54) is 19.1 Å². The highest BCUT2D eigenvalue weighted by atomic mass is 19.1. The van der Waals surface area contributed by atoms with Gasteiger partial charge in [-0.1, -0.05) is 24.3 Å². The maximum atomic E-state index is 13.1. The van der Waals surface area contributed by atoms with Crippen LogP contribution in [0.15, 0.2) is 48.5 Å². The van der Waals surface area contributed by atoms with Crippen molar-refractivity contribution in [1.82, 2.24) is 4.90 Å². The molecule has 25 heavy (non-hydrogen) atoms. The highest BCUT2D eigenvalue weighted by Crippen LogP contribution is 2.32. The lowest BCUT2D eigenvalue weighted by Crippen LogP contribution is -2.31. The van der Waals surface area contributed by atoms with E-state index < -0.39 is 0 Å². The molecular formula is C20H21FN2O2. The standard InChI is InChI=1S/C20H21FN2O2/c1-14(24)22-18-10-4-15(5-11-18)13-20(25)23-12-2-3-19(23)16-6-8-17(21)9-7-16/h4-11,19H,2-3,12-13H2,1H3,(H,22,24)/t19-/m0/s1. The first-order valence-corrected chi connectivity index (χ1v) is 8.44. The van der Waals surface area contributed by atoms with Crippen molar-refractivity contribution < 1.29 is 14.0 Å². The van der Waals surface area contributed by atoms with Crippen LogP contribution in [0.5, 0.6) is 0 Å². The molecule has 0 aromatic heterocycles. The van der Waals surface area contributed by atoms with E-state index in [1.807, 2.05) is 17.0 Å². The summed E-state index contributed by atoms with van der Waals surface area (Å²) in [5.41, 5.74) is 2.60. The summed E-state index contributed by atoms with van der Waals surface area (Å²) in [6, 6.07) is 13.7. The van der Waals surface area contributed by atoms with Gasteiger partial charge in [-0.05, 0) is 48.2 Å². The summed E-state index contributed by atoms with van der Waals surface area (Å²) < 4.78 is 13.1. The molecule has 0 aliphatic carbocycles. The summed E-state index contributed by atoms with van der Waals surface area (Å²) in [5.74, 6) is -0.319. The zero-order chi connectivity index (χ0) is 17.8. The molecule has 0 radical (unpaired) electrons. The number of nitrogens with zero attached hydrogens (tertiary/aromatic N) is 1. The number of halogens is 1. The molecule has 1 fully saturated rings. The molecule has 0 unspecified atom stereocenters. The molecule has 0 bridgehead atoms. The fourth-order valence-corrected chi connectivity index (χ4v) is 3.28. The number of anilines is 1. The number of hydrogen-bond donors (Lipinski definition) is 1. The molecule has 0 spiro atoms. The molecule has 5 heteroatoms. The topological polar surface area (TPSA) is 49.4 Å². The Hall–Kier alpha value is -2.69. The van der Waals surface area contributed by atoms with Crippen molar-refractivity contribution in [3.8, 4) is 0 Å². The van der Waals surface area contributed by atoms with Gasteiger partial charge in [-0.3, -0.25) is 9.59 Å². The molecule has 4 nitrogen and oxygen atoms in total. The van der Waals surface area contributed by atoms with Gasteiger partial charge in [-0.15, -0.1) is 0 Å². The summed E-state index contributed by atoms with van der Waals surface area (Å²) in [5, 5.41) is 2.71. The Kier molecular flexibility index (Phi) is 5.12. The molecule has 1 heterocycles. The minimum Gasteiger partial charge on any atom is -0.335 e. The van der Waals surface area contributed by atoms with Gasteiger partial charge < -0.3 is 10.2 Å². The molecule has 1 atom stereocenters. The van der Waals surface area contributed by atoms with Gasteiger partial charge in [0.05, 0.1) is 12.5 Å². The summed E-state index contributed by atoms with van der Waals surface area (Å²) >= 11 is 0. The number of rotatable bonds is 4. The Morgan fingerprint density at radius 1 is 1.12 bits per heavy atom. The SMILES string of the molecule is CC(=O)Nc1ccc(CC(=O)N2CCC[C@H]2c2ccc(F)cc2)cc1. The maximum absolute atomic E-state index is 13.1. The molecule has 2 aromatic rings. The Morgan fingerprint density at radius 3 is 2.44 bits per heavy atom. The lowest BCUT2D eigenvalue weighted by Gasteiger charge is -2.25. The van der Waals surface area contributed by atoms with Crippen LogP contribution in [0.25, 0.3) is 0 Å². The van der Waals surface area contributed by atoms with Gasteiger partial charge in [0, 0.05) is 19.2 Å². The number of amides is 2. The molecule has 2 amide bonds. The van der Waals surface area contributed by atoms with Crippen LogP contribution in [-0.4, -0.2) is 23.3 Å². The Morgan fingerprint density at radius 2 is 1.80 bits per heavy atom. The number of carbonyl (C=O) groups excluding carboxylic acids is 2. The Labute approximate surface area is 146 Å². The van der Waals surface area contributed by atoms with E-state index in [4.69, 9.17) is 0 Å². The first-order chi connectivity index (χ1) is 12.0. The third-order valence-corrected chi connectivity index (χ3v) is 4.46. The van der Waals surface area contributed by atoms with Gasteiger partial charge in [0.1, 0.15) is 5.82 Å². The molecule has 1 aliphatic heterocycles. The van der Waals surface area contributed by atoms with Crippen LogP contribution in [0.2, 0.25) is 0 Å². The maximum Gasteiger partial charge on any atom is 0.227 e. The van der Waals surface area contributed by atoms with Crippen molar-refractivity contribution in [2.24, 2.45) is 0 Å². The average molecular weight is 340 g/mol. The van der Waals surface area contributed by atoms with E-state index in [0.717, 1.165) is 30.5 Å². The number of benzene rings is 2. The molecule has 1 aliphatic rings. The zero-order valence-electron chi connectivity index (χ0n) is 14.2. The van der Waals surface area contributed by atoms with Crippen LogP contribution in [-0.2, 0) is 16.0 Å². The number of carbonyl (C=O) groups is 2. The fourth-order valence-electron chi connectivity index (χ4n) is 3.28. The third-order valence-electron chi connectivity index (χ3n) is 4.46. The Bertz CT molecular complexity index is 756. The monoisotopic (exact) mass is 340 g/mol. The second-order valence-corrected chi connectivity index (χ2v) is 6.35. The molecule has 3 rings (SSSR count). The van der Waals surface area contributed by atoms with Crippen LogP contribution < -0.4 is 5.32 Å². The van der Waals surface area contributed by atoms with Crippen molar-refractivity contribution >= 4 is 17.5 Å². The molecule has 2 aromatic carbocycles. The second-order valence-electron chi connectivity index (χ2n) is 6.35. The lowest BCUT2D eigenvalue weighted by molar-refractivity contribution is -0.131. The first-order valence-electron chi connectivity index (χ1n) is 8.44. The van der Waals surface area contributed by atoms with Gasteiger partial charge in [0.25, 0.3) is 0 Å². The van der Waals surface area contributed by atoms with E-state index >= 15 is 0 Å². The molecular weight excluding hydrogens is 319 g/mol. The molecule has 1 N–H and O–H groups in total. The smallest absolute Gasteiger partial charge is 0.227 e. The van der Waals surface area contributed by atoms with Gasteiger partial charge >= 0.3 is 0 Å². The number of hydrogen-bond acceptors (Lipinski definition) is 2. The van der Waals surface area contributed by atoms with Gasteiger partial charge in [-0.2, -0.15) is 0 Å². The quantitative estimate of drug-likeness (QED) is 0.923. The normalized spacial score (nSPS) is 16.7. The fraction of sp³-hybridized carbons (Fsp3) is 0.300. The average Bonchev–Trinajstić information content (AvgIpc) is 3.06. The third kappa shape index (κ3) is 4.24. The van der Waals surface area contributed by atoms with Crippen LogP contribution in [0.4, 0.5) is 10.1 Å². The molecule has 0 saturated carbocycles. The minimum absolute atomic E-state index is 0.0201. The zero-order valence-corrected chi connectivity index (χ0v) is 14.2. The van der Waals surface area contributed by atoms with Crippen LogP contribution in [0, 0.1) is 5.82 Å². The molecule has 1 saturated heterocycles. The largest absolute Gasteiger partial charge is 0.335 e. The highest BCUT2D eigenvalue weighted by Gasteiger charge is 2.29. The van der Waals surface area contributed by atoms with Crippen molar-refractivity contribution in [3.05, 3.63) is 65.5 Å². The van der Waals surface area contributed by atoms with E-state index in [-0.39, 0.29) is 23.7 Å².